The van der Waals surface area contributed by atoms with Crippen molar-refractivity contribution in [1.82, 2.24) is 4.90 Å². The molecule has 0 amide bonds. The number of rotatable bonds is 3. The number of hydrogen-bond acceptors (Lipinski definition) is 4. The fourth-order valence-electron chi connectivity index (χ4n) is 2.50. The van der Waals surface area contributed by atoms with Gasteiger partial charge in [-0.1, -0.05) is 13.8 Å². The second kappa shape index (κ2) is 5.46. The van der Waals surface area contributed by atoms with Crippen molar-refractivity contribution in [2.24, 2.45) is 5.73 Å². The van der Waals surface area contributed by atoms with Gasteiger partial charge in [0.05, 0.1) is 6.54 Å². The molecule has 1 saturated heterocycles. The molecule has 2 unspecified atom stereocenters. The van der Waals surface area contributed by atoms with Gasteiger partial charge in [0.2, 0.25) is 0 Å². The fourth-order valence-corrected chi connectivity index (χ4v) is 3.89. The van der Waals surface area contributed by atoms with Crippen LogP contribution >= 0.6 is 11.8 Å². The predicted molar refractivity (Wildman–Crippen MR) is 73.1 cm³/mol. The first-order chi connectivity index (χ1) is 8.08. The van der Waals surface area contributed by atoms with Gasteiger partial charge in [-0.05, 0) is 13.0 Å². The van der Waals surface area contributed by atoms with Gasteiger partial charge in [0, 0.05) is 35.7 Å². The minimum absolute atomic E-state index is 0.567. The van der Waals surface area contributed by atoms with Crippen molar-refractivity contribution in [3.63, 3.8) is 0 Å². The summed E-state index contributed by atoms with van der Waals surface area (Å²) in [5.41, 5.74) is 6.80. The zero-order valence-electron chi connectivity index (χ0n) is 10.9. The summed E-state index contributed by atoms with van der Waals surface area (Å²) < 4.78 is 5.75. The zero-order valence-corrected chi connectivity index (χ0v) is 11.7. The molecule has 1 aromatic rings. The molecular weight excluding hydrogens is 232 g/mol. The Bertz CT molecular complexity index is 367. The van der Waals surface area contributed by atoms with Crippen molar-refractivity contribution in [3.8, 4) is 0 Å². The van der Waals surface area contributed by atoms with E-state index in [1.165, 1.54) is 0 Å². The average Bonchev–Trinajstić information content (AvgIpc) is 2.57. The third-order valence-electron chi connectivity index (χ3n) is 3.17. The molecule has 2 rings (SSSR count). The lowest BCUT2D eigenvalue weighted by atomic mass is 10.2. The minimum Gasteiger partial charge on any atom is -0.465 e. The maximum Gasteiger partial charge on any atom is 0.118 e. The predicted octanol–water partition coefficient (Wildman–Crippen LogP) is 2.37. The van der Waals surface area contributed by atoms with E-state index >= 15 is 0 Å². The fraction of sp³-hybridized carbons (Fsp3) is 0.692. The second-order valence-corrected chi connectivity index (χ2v) is 6.83. The van der Waals surface area contributed by atoms with Crippen LogP contribution in [-0.2, 0) is 13.1 Å². The number of furan rings is 1. The Morgan fingerprint density at radius 2 is 2.06 bits per heavy atom. The Kier molecular flexibility index (Phi) is 4.17. The van der Waals surface area contributed by atoms with Crippen LogP contribution in [0.2, 0.25) is 0 Å². The van der Waals surface area contributed by atoms with Gasteiger partial charge >= 0.3 is 0 Å². The van der Waals surface area contributed by atoms with Gasteiger partial charge in [-0.3, -0.25) is 4.90 Å². The van der Waals surface area contributed by atoms with Crippen molar-refractivity contribution in [1.29, 1.82) is 0 Å². The Morgan fingerprint density at radius 1 is 1.41 bits per heavy atom. The molecule has 0 saturated carbocycles. The van der Waals surface area contributed by atoms with Crippen LogP contribution in [0.5, 0.6) is 0 Å². The standard InChI is InChI=1S/C13H22N2OS/c1-9-6-15(7-10(2)17-9)8-13-4-12(5-14)11(3)16-13/h4,9-10H,5-8,14H2,1-3H3. The van der Waals surface area contributed by atoms with Crippen molar-refractivity contribution in [2.45, 2.75) is 44.4 Å². The first kappa shape index (κ1) is 13.0. The largest absolute Gasteiger partial charge is 0.465 e. The van der Waals surface area contributed by atoms with E-state index in [2.05, 4.69) is 36.6 Å². The van der Waals surface area contributed by atoms with Gasteiger partial charge in [0.1, 0.15) is 11.5 Å². The third-order valence-corrected chi connectivity index (χ3v) is 4.39. The Hall–Kier alpha value is -0.450. The Morgan fingerprint density at radius 3 is 2.59 bits per heavy atom. The molecule has 2 atom stereocenters. The normalized spacial score (nSPS) is 26.4. The number of thioether (sulfide) groups is 1. The molecule has 2 N–H and O–H groups in total. The molecule has 0 aliphatic carbocycles. The van der Waals surface area contributed by atoms with E-state index in [1.807, 2.05) is 6.92 Å². The van der Waals surface area contributed by atoms with Crippen molar-refractivity contribution in [3.05, 3.63) is 23.2 Å². The Labute approximate surface area is 108 Å². The van der Waals surface area contributed by atoms with E-state index in [0.29, 0.717) is 17.0 Å². The SMILES string of the molecule is Cc1oc(CN2CC(C)SC(C)C2)cc1CN. The quantitative estimate of drug-likeness (QED) is 0.899. The first-order valence-corrected chi connectivity index (χ1v) is 7.19. The summed E-state index contributed by atoms with van der Waals surface area (Å²) in [6.45, 7) is 10.4. The van der Waals surface area contributed by atoms with E-state index in [4.69, 9.17) is 10.2 Å². The smallest absolute Gasteiger partial charge is 0.118 e. The molecule has 2 heterocycles. The summed E-state index contributed by atoms with van der Waals surface area (Å²) >= 11 is 2.08. The van der Waals surface area contributed by atoms with E-state index in [0.717, 1.165) is 36.7 Å². The maximum absolute atomic E-state index is 5.75. The summed E-state index contributed by atoms with van der Waals surface area (Å²) in [4.78, 5) is 2.48. The van der Waals surface area contributed by atoms with Gasteiger partial charge in [-0.2, -0.15) is 11.8 Å². The molecule has 1 aromatic heterocycles. The highest BCUT2D eigenvalue weighted by Gasteiger charge is 2.23. The maximum atomic E-state index is 5.75. The molecule has 0 aromatic carbocycles. The monoisotopic (exact) mass is 254 g/mol. The molecule has 0 spiro atoms. The van der Waals surface area contributed by atoms with Crippen LogP contribution in [0.4, 0.5) is 0 Å². The molecule has 4 heteroatoms. The highest BCUT2D eigenvalue weighted by Crippen LogP contribution is 2.26. The number of nitrogens with two attached hydrogens (primary N) is 1. The lowest BCUT2D eigenvalue weighted by Gasteiger charge is -2.33. The molecular formula is C13H22N2OS. The number of aryl methyl sites for hydroxylation is 1. The van der Waals surface area contributed by atoms with Crippen LogP contribution in [0, 0.1) is 6.92 Å². The summed E-state index contributed by atoms with van der Waals surface area (Å²) in [6.07, 6.45) is 0. The van der Waals surface area contributed by atoms with Gasteiger partial charge < -0.3 is 10.2 Å². The topological polar surface area (TPSA) is 42.4 Å². The van der Waals surface area contributed by atoms with Gasteiger partial charge in [0.25, 0.3) is 0 Å². The lowest BCUT2D eigenvalue weighted by Crippen LogP contribution is -2.39. The summed E-state index contributed by atoms with van der Waals surface area (Å²) in [5, 5.41) is 1.42. The van der Waals surface area contributed by atoms with E-state index in [-0.39, 0.29) is 0 Å². The molecule has 96 valence electrons. The third kappa shape index (κ3) is 3.27. The molecule has 1 fully saturated rings. The van der Waals surface area contributed by atoms with Crippen LogP contribution in [0.3, 0.4) is 0 Å². The van der Waals surface area contributed by atoms with Crippen LogP contribution in [0.1, 0.15) is 30.9 Å². The van der Waals surface area contributed by atoms with Gasteiger partial charge in [-0.15, -0.1) is 0 Å². The van der Waals surface area contributed by atoms with Gasteiger partial charge in [0.15, 0.2) is 0 Å². The molecule has 1 aliphatic heterocycles. The first-order valence-electron chi connectivity index (χ1n) is 6.24. The van der Waals surface area contributed by atoms with E-state index in [9.17, 15) is 0 Å². The van der Waals surface area contributed by atoms with Gasteiger partial charge in [-0.25, -0.2) is 0 Å². The van der Waals surface area contributed by atoms with E-state index in [1.54, 1.807) is 0 Å². The second-order valence-electron chi connectivity index (χ2n) is 4.95. The summed E-state index contributed by atoms with van der Waals surface area (Å²) in [7, 11) is 0. The molecule has 0 radical (unpaired) electrons. The molecule has 17 heavy (non-hydrogen) atoms. The van der Waals surface area contributed by atoms with Crippen molar-refractivity contribution < 1.29 is 4.42 Å². The summed E-state index contributed by atoms with van der Waals surface area (Å²) in [6, 6.07) is 2.10. The van der Waals surface area contributed by atoms with Crippen LogP contribution in [0.15, 0.2) is 10.5 Å². The van der Waals surface area contributed by atoms with Crippen molar-refractivity contribution >= 4 is 11.8 Å². The van der Waals surface area contributed by atoms with Crippen molar-refractivity contribution in [2.75, 3.05) is 13.1 Å². The molecule has 1 aliphatic rings. The molecule has 3 nitrogen and oxygen atoms in total. The minimum atomic E-state index is 0.567. The van der Waals surface area contributed by atoms with Crippen LogP contribution < -0.4 is 5.73 Å². The number of hydrogen-bond donors (Lipinski definition) is 1. The lowest BCUT2D eigenvalue weighted by molar-refractivity contribution is 0.240. The van der Waals surface area contributed by atoms with E-state index < -0.39 is 0 Å². The average molecular weight is 254 g/mol. The van der Waals surface area contributed by atoms with Crippen LogP contribution in [0.25, 0.3) is 0 Å². The van der Waals surface area contributed by atoms with Crippen LogP contribution in [-0.4, -0.2) is 28.5 Å². The highest BCUT2D eigenvalue weighted by molar-refractivity contribution is 8.00. The number of nitrogens with zero attached hydrogens (tertiary/aromatic N) is 1. The highest BCUT2D eigenvalue weighted by atomic mass is 32.2. The molecule has 0 bridgehead atoms. The zero-order chi connectivity index (χ0) is 12.4. The summed E-state index contributed by atoms with van der Waals surface area (Å²) in [5.74, 6) is 2.02. The Balaban J connectivity index is 1.99.